The number of rotatable bonds is 6. The van der Waals surface area contributed by atoms with Gasteiger partial charge in [0, 0.05) is 23.3 Å². The SMILES string of the molecule is CC(C)CN1C(=O)COc2cc(NC(=O)COc3ccc(Cl)cc3)ccc21. The van der Waals surface area contributed by atoms with Crippen LogP contribution in [0, 0.1) is 5.92 Å². The molecule has 0 atom stereocenters. The molecule has 1 aliphatic rings. The maximum absolute atomic E-state index is 12.1. The van der Waals surface area contributed by atoms with E-state index < -0.39 is 0 Å². The Labute approximate surface area is 163 Å². The number of amides is 2. The number of benzene rings is 2. The highest BCUT2D eigenvalue weighted by Gasteiger charge is 2.26. The minimum absolute atomic E-state index is 0.00318. The second kappa shape index (κ2) is 8.31. The summed E-state index contributed by atoms with van der Waals surface area (Å²) in [5, 5.41) is 3.37. The Morgan fingerprint density at radius 1 is 1.26 bits per heavy atom. The van der Waals surface area contributed by atoms with Crippen molar-refractivity contribution in [2.75, 3.05) is 30.0 Å². The number of nitrogens with zero attached hydrogens (tertiary/aromatic N) is 1. The van der Waals surface area contributed by atoms with E-state index in [1.54, 1.807) is 47.4 Å². The van der Waals surface area contributed by atoms with Gasteiger partial charge in [-0.15, -0.1) is 0 Å². The Hall–Kier alpha value is -2.73. The van der Waals surface area contributed by atoms with Crippen molar-refractivity contribution < 1.29 is 19.1 Å². The normalized spacial score (nSPS) is 13.2. The number of fused-ring (bicyclic) bond motifs is 1. The zero-order valence-electron chi connectivity index (χ0n) is 15.2. The number of halogens is 1. The van der Waals surface area contributed by atoms with Gasteiger partial charge in [0.2, 0.25) is 0 Å². The molecule has 0 fully saturated rings. The molecule has 0 unspecified atom stereocenters. The van der Waals surface area contributed by atoms with Crippen LogP contribution in [0.15, 0.2) is 42.5 Å². The standard InChI is InChI=1S/C20H21ClN2O4/c1-13(2)10-23-17-8-5-15(9-18(17)27-12-20(23)25)22-19(24)11-26-16-6-3-14(21)4-7-16/h3-9,13H,10-12H2,1-2H3,(H,22,24). The van der Waals surface area contributed by atoms with Crippen LogP contribution in [-0.2, 0) is 9.59 Å². The monoisotopic (exact) mass is 388 g/mol. The molecule has 2 aromatic rings. The zero-order valence-corrected chi connectivity index (χ0v) is 16.0. The molecular weight excluding hydrogens is 368 g/mol. The summed E-state index contributed by atoms with van der Waals surface area (Å²) in [5.74, 6) is 1.11. The molecule has 2 aromatic carbocycles. The lowest BCUT2D eigenvalue weighted by Gasteiger charge is -2.31. The van der Waals surface area contributed by atoms with Gasteiger partial charge in [0.25, 0.3) is 11.8 Å². The predicted octanol–water partition coefficient (Wildman–Crippen LogP) is 3.74. The second-order valence-electron chi connectivity index (χ2n) is 6.66. The summed E-state index contributed by atoms with van der Waals surface area (Å²) in [6.45, 7) is 4.60. The smallest absolute Gasteiger partial charge is 0.265 e. The summed E-state index contributed by atoms with van der Waals surface area (Å²) in [7, 11) is 0. The molecule has 0 saturated carbocycles. The predicted molar refractivity (Wildman–Crippen MR) is 105 cm³/mol. The van der Waals surface area contributed by atoms with Crippen LogP contribution in [0.25, 0.3) is 0 Å². The maximum Gasteiger partial charge on any atom is 0.265 e. The molecule has 2 amide bonds. The van der Waals surface area contributed by atoms with E-state index in [0.717, 1.165) is 5.69 Å². The van der Waals surface area contributed by atoms with Crippen LogP contribution in [0.4, 0.5) is 11.4 Å². The summed E-state index contributed by atoms with van der Waals surface area (Å²) in [4.78, 5) is 25.9. The van der Waals surface area contributed by atoms with E-state index in [-0.39, 0.29) is 25.0 Å². The first-order valence-corrected chi connectivity index (χ1v) is 9.05. The van der Waals surface area contributed by atoms with Crippen molar-refractivity contribution in [2.24, 2.45) is 5.92 Å². The fourth-order valence-electron chi connectivity index (χ4n) is 2.72. The highest BCUT2D eigenvalue weighted by molar-refractivity contribution is 6.30. The van der Waals surface area contributed by atoms with E-state index in [2.05, 4.69) is 19.2 Å². The van der Waals surface area contributed by atoms with Crippen LogP contribution in [0.1, 0.15) is 13.8 Å². The molecule has 6 nitrogen and oxygen atoms in total. The van der Waals surface area contributed by atoms with Crippen molar-refractivity contribution in [3.63, 3.8) is 0 Å². The first kappa shape index (κ1) is 19.0. The van der Waals surface area contributed by atoms with Gasteiger partial charge in [0.15, 0.2) is 13.2 Å². The molecule has 0 bridgehead atoms. The third-order valence-electron chi connectivity index (χ3n) is 3.92. The average Bonchev–Trinajstić information content (AvgIpc) is 2.63. The molecule has 1 heterocycles. The number of carbonyl (C=O) groups is 2. The molecule has 27 heavy (non-hydrogen) atoms. The zero-order chi connectivity index (χ0) is 19.4. The molecular formula is C20H21ClN2O4. The van der Waals surface area contributed by atoms with Gasteiger partial charge in [-0.25, -0.2) is 0 Å². The first-order valence-electron chi connectivity index (χ1n) is 8.68. The number of ether oxygens (including phenoxy) is 2. The summed E-state index contributed by atoms with van der Waals surface area (Å²) < 4.78 is 11.0. The second-order valence-corrected chi connectivity index (χ2v) is 7.10. The summed E-state index contributed by atoms with van der Waals surface area (Å²) in [5.41, 5.74) is 1.30. The lowest BCUT2D eigenvalue weighted by atomic mass is 10.1. The number of hydrogen-bond donors (Lipinski definition) is 1. The van der Waals surface area contributed by atoms with Gasteiger partial charge in [-0.1, -0.05) is 25.4 Å². The fourth-order valence-corrected chi connectivity index (χ4v) is 2.85. The van der Waals surface area contributed by atoms with Gasteiger partial charge >= 0.3 is 0 Å². The quantitative estimate of drug-likeness (QED) is 0.818. The molecule has 142 valence electrons. The van der Waals surface area contributed by atoms with Gasteiger partial charge < -0.3 is 19.7 Å². The molecule has 0 saturated heterocycles. The molecule has 0 radical (unpaired) electrons. The fraction of sp³-hybridized carbons (Fsp3) is 0.300. The van der Waals surface area contributed by atoms with E-state index in [1.165, 1.54) is 0 Å². The molecule has 7 heteroatoms. The van der Waals surface area contributed by atoms with Crippen LogP contribution in [0.5, 0.6) is 11.5 Å². The lowest BCUT2D eigenvalue weighted by Crippen LogP contribution is -2.40. The van der Waals surface area contributed by atoms with Crippen LogP contribution in [-0.4, -0.2) is 31.6 Å². The van der Waals surface area contributed by atoms with Gasteiger partial charge in [-0.3, -0.25) is 9.59 Å². The van der Waals surface area contributed by atoms with E-state index in [4.69, 9.17) is 21.1 Å². The van der Waals surface area contributed by atoms with Gasteiger partial charge in [0.05, 0.1) is 5.69 Å². The van der Waals surface area contributed by atoms with Crippen molar-refractivity contribution >= 4 is 34.8 Å². The molecule has 0 aliphatic carbocycles. The average molecular weight is 389 g/mol. The Bertz CT molecular complexity index is 836. The Balaban J connectivity index is 1.63. The molecule has 3 rings (SSSR count). The Kier molecular flexibility index (Phi) is 5.86. The summed E-state index contributed by atoms with van der Waals surface area (Å²) in [6.07, 6.45) is 0. The Morgan fingerprint density at radius 2 is 2.00 bits per heavy atom. The summed E-state index contributed by atoms with van der Waals surface area (Å²) >= 11 is 5.82. The minimum atomic E-state index is -0.296. The third-order valence-corrected chi connectivity index (χ3v) is 4.17. The van der Waals surface area contributed by atoms with E-state index in [1.807, 2.05) is 0 Å². The highest BCUT2D eigenvalue weighted by Crippen LogP contribution is 2.35. The van der Waals surface area contributed by atoms with Gasteiger partial charge in [-0.05, 0) is 42.3 Å². The molecule has 1 aliphatic heterocycles. The van der Waals surface area contributed by atoms with Gasteiger partial charge in [0.1, 0.15) is 11.5 Å². The number of anilines is 2. The van der Waals surface area contributed by atoms with E-state index in [0.29, 0.717) is 34.7 Å². The molecule has 1 N–H and O–H groups in total. The van der Waals surface area contributed by atoms with Crippen LogP contribution >= 0.6 is 11.6 Å². The van der Waals surface area contributed by atoms with Crippen LogP contribution in [0.2, 0.25) is 5.02 Å². The highest BCUT2D eigenvalue weighted by atomic mass is 35.5. The van der Waals surface area contributed by atoms with Crippen molar-refractivity contribution in [3.8, 4) is 11.5 Å². The minimum Gasteiger partial charge on any atom is -0.484 e. The maximum atomic E-state index is 12.1. The lowest BCUT2D eigenvalue weighted by molar-refractivity contribution is -0.121. The van der Waals surface area contributed by atoms with Crippen molar-refractivity contribution in [1.29, 1.82) is 0 Å². The van der Waals surface area contributed by atoms with Crippen molar-refractivity contribution in [2.45, 2.75) is 13.8 Å². The van der Waals surface area contributed by atoms with Crippen LogP contribution in [0.3, 0.4) is 0 Å². The van der Waals surface area contributed by atoms with Crippen molar-refractivity contribution in [1.82, 2.24) is 0 Å². The topological polar surface area (TPSA) is 67.9 Å². The number of nitrogens with one attached hydrogen (secondary N) is 1. The Morgan fingerprint density at radius 3 is 2.70 bits per heavy atom. The van der Waals surface area contributed by atoms with Crippen LogP contribution < -0.4 is 19.7 Å². The number of carbonyl (C=O) groups excluding carboxylic acids is 2. The van der Waals surface area contributed by atoms with E-state index in [9.17, 15) is 9.59 Å². The third kappa shape index (κ3) is 4.92. The number of hydrogen-bond acceptors (Lipinski definition) is 4. The molecule has 0 spiro atoms. The van der Waals surface area contributed by atoms with E-state index >= 15 is 0 Å². The van der Waals surface area contributed by atoms with Crippen molar-refractivity contribution in [3.05, 3.63) is 47.5 Å². The summed E-state index contributed by atoms with van der Waals surface area (Å²) in [6, 6.07) is 12.0. The largest absolute Gasteiger partial charge is 0.484 e. The van der Waals surface area contributed by atoms with Gasteiger partial charge in [-0.2, -0.15) is 0 Å². The molecule has 0 aromatic heterocycles. The first-order chi connectivity index (χ1) is 12.9.